The van der Waals surface area contributed by atoms with E-state index in [2.05, 4.69) is 10.1 Å². The lowest BCUT2D eigenvalue weighted by Crippen LogP contribution is -2.22. The lowest BCUT2D eigenvalue weighted by molar-refractivity contribution is 0.0829. The highest BCUT2D eigenvalue weighted by molar-refractivity contribution is 5.99. The predicted octanol–water partition coefficient (Wildman–Crippen LogP) is -0.276. The van der Waals surface area contributed by atoms with Crippen molar-refractivity contribution >= 4 is 11.6 Å². The molecule has 1 N–H and O–H groups in total. The van der Waals surface area contributed by atoms with E-state index in [4.69, 9.17) is 0 Å². The third-order valence-corrected chi connectivity index (χ3v) is 2.06. The molecule has 0 aromatic carbocycles. The van der Waals surface area contributed by atoms with Gasteiger partial charge in [0.2, 0.25) is 0 Å². The van der Waals surface area contributed by atoms with Crippen LogP contribution in [-0.4, -0.2) is 39.5 Å². The molecule has 0 unspecified atom stereocenters. The highest BCUT2D eigenvalue weighted by Gasteiger charge is 2.15. The number of hydrogen-bond donors (Lipinski definition) is 1. The molecule has 0 spiro atoms. The van der Waals surface area contributed by atoms with E-state index >= 15 is 0 Å². The summed E-state index contributed by atoms with van der Waals surface area (Å²) >= 11 is 0. The van der Waals surface area contributed by atoms with E-state index < -0.39 is 0 Å². The van der Waals surface area contributed by atoms with Crippen molar-refractivity contribution in [2.24, 2.45) is 0 Å². The van der Waals surface area contributed by atoms with Gasteiger partial charge in [0.15, 0.2) is 0 Å². The molecular formula is C9H10N4O2. The molecule has 2 rings (SSSR count). The Morgan fingerprint density at radius 1 is 1.53 bits per heavy atom. The smallest absolute Gasteiger partial charge is 0.274 e. The quantitative estimate of drug-likeness (QED) is 0.697. The zero-order valence-corrected chi connectivity index (χ0v) is 8.39. The second-order valence-corrected chi connectivity index (χ2v) is 3.33. The van der Waals surface area contributed by atoms with Crippen LogP contribution in [0.2, 0.25) is 0 Å². The van der Waals surface area contributed by atoms with E-state index in [0.717, 1.165) is 4.52 Å². The van der Waals surface area contributed by atoms with Crippen LogP contribution in [-0.2, 0) is 0 Å². The van der Waals surface area contributed by atoms with Crippen molar-refractivity contribution in [3.05, 3.63) is 34.4 Å². The Hall–Kier alpha value is -2.11. The van der Waals surface area contributed by atoms with Crippen LogP contribution < -0.4 is 5.56 Å². The first-order valence-electron chi connectivity index (χ1n) is 4.38. The molecule has 15 heavy (non-hydrogen) atoms. The molecule has 0 atom stereocenters. The van der Waals surface area contributed by atoms with Crippen molar-refractivity contribution in [1.29, 1.82) is 0 Å². The number of nitrogens with one attached hydrogen (secondary N) is 1. The van der Waals surface area contributed by atoms with Gasteiger partial charge in [-0.15, -0.1) is 0 Å². The lowest BCUT2D eigenvalue weighted by Gasteiger charge is -2.07. The van der Waals surface area contributed by atoms with Gasteiger partial charge in [0.05, 0.1) is 6.20 Å². The van der Waals surface area contributed by atoms with Gasteiger partial charge in [0, 0.05) is 26.4 Å². The van der Waals surface area contributed by atoms with Crippen molar-refractivity contribution in [2.45, 2.75) is 0 Å². The molecule has 0 aliphatic heterocycles. The van der Waals surface area contributed by atoms with Gasteiger partial charge in [-0.05, 0) is 0 Å². The molecule has 6 heteroatoms. The third-order valence-electron chi connectivity index (χ3n) is 2.06. The molecule has 2 heterocycles. The van der Waals surface area contributed by atoms with Gasteiger partial charge in [-0.2, -0.15) is 9.61 Å². The SMILES string of the molecule is CN(C)C(=O)c1cnn2c(=O)cc[nH]c12. The van der Waals surface area contributed by atoms with E-state index in [1.165, 1.54) is 23.4 Å². The molecular weight excluding hydrogens is 196 g/mol. The third kappa shape index (κ3) is 1.39. The minimum atomic E-state index is -0.262. The molecule has 0 aliphatic carbocycles. The Labute approximate surface area is 85.1 Å². The fourth-order valence-corrected chi connectivity index (χ4v) is 1.31. The van der Waals surface area contributed by atoms with Gasteiger partial charge in [-0.3, -0.25) is 9.59 Å². The van der Waals surface area contributed by atoms with Crippen molar-refractivity contribution in [3.63, 3.8) is 0 Å². The van der Waals surface area contributed by atoms with Crippen LogP contribution in [0, 0.1) is 0 Å². The first-order chi connectivity index (χ1) is 7.11. The molecule has 0 saturated carbocycles. The summed E-state index contributed by atoms with van der Waals surface area (Å²) in [5, 5.41) is 3.85. The number of aromatic amines is 1. The molecule has 78 valence electrons. The molecule has 6 nitrogen and oxygen atoms in total. The van der Waals surface area contributed by atoms with Crippen LogP contribution in [0.3, 0.4) is 0 Å². The van der Waals surface area contributed by atoms with Gasteiger partial charge in [-0.25, -0.2) is 0 Å². The maximum atomic E-state index is 11.7. The number of fused-ring (bicyclic) bond motifs is 1. The van der Waals surface area contributed by atoms with Crippen LogP contribution in [0.25, 0.3) is 5.65 Å². The highest BCUT2D eigenvalue weighted by Crippen LogP contribution is 2.06. The summed E-state index contributed by atoms with van der Waals surface area (Å²) in [5.74, 6) is -0.188. The van der Waals surface area contributed by atoms with E-state index in [-0.39, 0.29) is 11.5 Å². The number of carbonyl (C=O) groups excluding carboxylic acids is 1. The molecule has 0 aliphatic rings. The predicted molar refractivity (Wildman–Crippen MR) is 53.8 cm³/mol. The van der Waals surface area contributed by atoms with Crippen LogP contribution in [0.4, 0.5) is 0 Å². The van der Waals surface area contributed by atoms with E-state index in [0.29, 0.717) is 11.2 Å². The fraction of sp³-hybridized carbons (Fsp3) is 0.222. The standard InChI is InChI=1S/C9H10N4O2/c1-12(2)9(15)6-5-11-13-7(14)3-4-10-8(6)13/h3-5,10H,1-2H3. The summed E-state index contributed by atoms with van der Waals surface area (Å²) in [4.78, 5) is 27.3. The van der Waals surface area contributed by atoms with E-state index in [1.807, 2.05) is 0 Å². The number of carbonyl (C=O) groups is 1. The number of aromatic nitrogens is 3. The topological polar surface area (TPSA) is 70.5 Å². The molecule has 1 amide bonds. The number of rotatable bonds is 1. The Morgan fingerprint density at radius 2 is 2.27 bits per heavy atom. The Bertz CT molecular complexity index is 567. The maximum Gasteiger partial charge on any atom is 0.274 e. The second kappa shape index (κ2) is 3.23. The first-order valence-corrected chi connectivity index (χ1v) is 4.38. The summed E-state index contributed by atoms with van der Waals surface area (Å²) in [6.45, 7) is 0. The van der Waals surface area contributed by atoms with Gasteiger partial charge in [0.25, 0.3) is 11.5 Å². The highest BCUT2D eigenvalue weighted by atomic mass is 16.2. The summed E-state index contributed by atoms with van der Waals surface area (Å²) in [6.07, 6.45) is 2.88. The van der Waals surface area contributed by atoms with Crippen LogP contribution in [0.5, 0.6) is 0 Å². The Balaban J connectivity index is 2.70. The molecule has 2 aromatic rings. The summed E-state index contributed by atoms with van der Waals surface area (Å²) in [5.41, 5.74) is 0.542. The number of H-pyrrole nitrogens is 1. The van der Waals surface area contributed by atoms with Crippen molar-refractivity contribution in [3.8, 4) is 0 Å². The number of amides is 1. The summed E-state index contributed by atoms with van der Waals surface area (Å²) in [7, 11) is 3.29. The molecule has 0 saturated heterocycles. The molecule has 0 radical (unpaired) electrons. The van der Waals surface area contributed by atoms with Crippen LogP contribution in [0.15, 0.2) is 23.3 Å². The number of nitrogens with zero attached hydrogens (tertiary/aromatic N) is 3. The average Bonchev–Trinajstić information content (AvgIpc) is 2.61. The molecule has 2 aromatic heterocycles. The number of hydrogen-bond acceptors (Lipinski definition) is 3. The zero-order valence-electron chi connectivity index (χ0n) is 8.39. The van der Waals surface area contributed by atoms with Gasteiger partial charge >= 0.3 is 0 Å². The molecule has 0 fully saturated rings. The summed E-state index contributed by atoms with van der Waals surface area (Å²) < 4.78 is 1.16. The first kappa shape index (κ1) is 9.45. The van der Waals surface area contributed by atoms with E-state index in [1.54, 1.807) is 14.1 Å². The van der Waals surface area contributed by atoms with E-state index in [9.17, 15) is 9.59 Å². The van der Waals surface area contributed by atoms with Crippen molar-refractivity contribution in [1.82, 2.24) is 19.5 Å². The van der Waals surface area contributed by atoms with Crippen LogP contribution in [0.1, 0.15) is 10.4 Å². The average molecular weight is 206 g/mol. The minimum absolute atomic E-state index is 0.188. The summed E-state index contributed by atoms with van der Waals surface area (Å²) in [6, 6.07) is 1.35. The van der Waals surface area contributed by atoms with Gasteiger partial charge < -0.3 is 9.88 Å². The molecule has 0 bridgehead atoms. The Morgan fingerprint density at radius 3 is 2.93 bits per heavy atom. The zero-order chi connectivity index (χ0) is 11.0. The van der Waals surface area contributed by atoms with Gasteiger partial charge in [-0.1, -0.05) is 0 Å². The Kier molecular flexibility index (Phi) is 2.03. The van der Waals surface area contributed by atoms with Crippen molar-refractivity contribution < 1.29 is 4.79 Å². The van der Waals surface area contributed by atoms with Crippen molar-refractivity contribution in [2.75, 3.05) is 14.1 Å². The minimum Gasteiger partial charge on any atom is -0.346 e. The maximum absolute atomic E-state index is 11.7. The normalized spacial score (nSPS) is 10.5. The van der Waals surface area contributed by atoms with Crippen LogP contribution >= 0.6 is 0 Å². The fourth-order valence-electron chi connectivity index (χ4n) is 1.31. The lowest BCUT2D eigenvalue weighted by atomic mass is 10.3. The monoisotopic (exact) mass is 206 g/mol. The second-order valence-electron chi connectivity index (χ2n) is 3.33. The van der Waals surface area contributed by atoms with Gasteiger partial charge in [0.1, 0.15) is 11.2 Å². The largest absolute Gasteiger partial charge is 0.346 e.